The number of anilines is 1. The highest BCUT2D eigenvalue weighted by molar-refractivity contribution is 14.0. The fraction of sp³-hybridized carbons (Fsp3) is 0.391. The summed E-state index contributed by atoms with van der Waals surface area (Å²) in [5.74, 6) is 0.585. The SMILES string of the molecule is CCNC(=NCc1ccc(NC(=O)C(C)C)cc1)NCC(C)(O)c1ccccc1.I. The lowest BCUT2D eigenvalue weighted by atomic mass is 9.96. The van der Waals surface area contributed by atoms with E-state index in [-0.39, 0.29) is 35.8 Å². The van der Waals surface area contributed by atoms with Gasteiger partial charge in [-0.3, -0.25) is 4.79 Å². The molecule has 0 bridgehead atoms. The molecular weight excluding hydrogens is 491 g/mol. The number of benzene rings is 2. The molecule has 0 saturated heterocycles. The molecular formula is C23H33IN4O2. The monoisotopic (exact) mass is 524 g/mol. The van der Waals surface area contributed by atoms with Gasteiger partial charge in [0, 0.05) is 18.2 Å². The highest BCUT2D eigenvalue weighted by Gasteiger charge is 2.22. The van der Waals surface area contributed by atoms with E-state index in [0.29, 0.717) is 19.0 Å². The number of guanidine groups is 1. The molecule has 2 aromatic carbocycles. The minimum Gasteiger partial charge on any atom is -0.384 e. The maximum absolute atomic E-state index is 11.8. The van der Waals surface area contributed by atoms with E-state index in [1.807, 2.05) is 75.4 Å². The number of hydrogen-bond donors (Lipinski definition) is 4. The van der Waals surface area contributed by atoms with Crippen molar-refractivity contribution in [1.29, 1.82) is 0 Å². The first-order valence-corrected chi connectivity index (χ1v) is 10.0. The first kappa shape index (κ1) is 25.9. The molecule has 1 amide bonds. The predicted octanol–water partition coefficient (Wildman–Crippen LogP) is 3.86. The van der Waals surface area contributed by atoms with E-state index >= 15 is 0 Å². The van der Waals surface area contributed by atoms with Crippen LogP contribution in [0.25, 0.3) is 0 Å². The molecule has 7 heteroatoms. The number of aliphatic imine (C=N–C) groups is 1. The number of rotatable bonds is 8. The molecule has 0 aliphatic carbocycles. The number of nitrogens with zero attached hydrogens (tertiary/aromatic N) is 1. The summed E-state index contributed by atoms with van der Waals surface area (Å²) >= 11 is 0. The van der Waals surface area contributed by atoms with E-state index in [1.165, 1.54) is 0 Å². The summed E-state index contributed by atoms with van der Waals surface area (Å²) in [6.45, 7) is 9.05. The van der Waals surface area contributed by atoms with Crippen LogP contribution in [0.3, 0.4) is 0 Å². The second-order valence-electron chi connectivity index (χ2n) is 7.53. The van der Waals surface area contributed by atoms with Crippen LogP contribution in [0, 0.1) is 5.92 Å². The number of hydrogen-bond acceptors (Lipinski definition) is 3. The zero-order valence-electron chi connectivity index (χ0n) is 18.1. The summed E-state index contributed by atoms with van der Waals surface area (Å²) in [4.78, 5) is 16.4. The molecule has 0 radical (unpaired) electrons. The van der Waals surface area contributed by atoms with Gasteiger partial charge in [0.05, 0.1) is 13.1 Å². The Morgan fingerprint density at radius 2 is 1.70 bits per heavy atom. The van der Waals surface area contributed by atoms with Gasteiger partial charge in [-0.15, -0.1) is 24.0 Å². The van der Waals surface area contributed by atoms with Gasteiger partial charge < -0.3 is 21.1 Å². The van der Waals surface area contributed by atoms with Crippen LogP contribution in [0.5, 0.6) is 0 Å². The van der Waals surface area contributed by atoms with Crippen molar-refractivity contribution in [2.75, 3.05) is 18.4 Å². The smallest absolute Gasteiger partial charge is 0.226 e. The Balaban J connectivity index is 0.00000450. The van der Waals surface area contributed by atoms with Crippen LogP contribution in [0.2, 0.25) is 0 Å². The van der Waals surface area contributed by atoms with Crippen LogP contribution < -0.4 is 16.0 Å². The number of halogens is 1. The third-order valence-corrected chi connectivity index (χ3v) is 4.51. The van der Waals surface area contributed by atoms with Crippen molar-refractivity contribution in [2.45, 2.75) is 39.8 Å². The van der Waals surface area contributed by atoms with Crippen molar-refractivity contribution in [2.24, 2.45) is 10.9 Å². The van der Waals surface area contributed by atoms with Crippen molar-refractivity contribution in [3.8, 4) is 0 Å². The van der Waals surface area contributed by atoms with Gasteiger partial charge in [0.15, 0.2) is 5.96 Å². The molecule has 6 nitrogen and oxygen atoms in total. The molecule has 0 saturated carbocycles. The molecule has 2 aromatic rings. The van der Waals surface area contributed by atoms with Crippen LogP contribution >= 0.6 is 24.0 Å². The Morgan fingerprint density at radius 1 is 1.07 bits per heavy atom. The first-order chi connectivity index (χ1) is 13.8. The normalized spacial score (nSPS) is 13.2. The van der Waals surface area contributed by atoms with Gasteiger partial charge in [-0.2, -0.15) is 0 Å². The van der Waals surface area contributed by atoms with Crippen LogP contribution in [-0.4, -0.2) is 30.1 Å². The fourth-order valence-electron chi connectivity index (χ4n) is 2.65. The summed E-state index contributed by atoms with van der Waals surface area (Å²) in [7, 11) is 0. The predicted molar refractivity (Wildman–Crippen MR) is 134 cm³/mol. The highest BCUT2D eigenvalue weighted by Crippen LogP contribution is 2.19. The molecule has 0 aliphatic rings. The van der Waals surface area contributed by atoms with E-state index in [1.54, 1.807) is 6.92 Å². The second kappa shape index (κ2) is 12.5. The van der Waals surface area contributed by atoms with Gasteiger partial charge in [-0.25, -0.2) is 4.99 Å². The number of carbonyl (C=O) groups is 1. The number of amides is 1. The van der Waals surface area contributed by atoms with E-state index in [0.717, 1.165) is 23.4 Å². The first-order valence-electron chi connectivity index (χ1n) is 10.0. The Hall–Kier alpha value is -2.13. The third kappa shape index (κ3) is 8.31. The summed E-state index contributed by atoms with van der Waals surface area (Å²) in [6.07, 6.45) is 0. The van der Waals surface area contributed by atoms with Gasteiger partial charge >= 0.3 is 0 Å². The van der Waals surface area contributed by atoms with Crippen molar-refractivity contribution in [1.82, 2.24) is 10.6 Å². The summed E-state index contributed by atoms with van der Waals surface area (Å²) in [5, 5.41) is 20.0. The average Bonchev–Trinajstić information content (AvgIpc) is 2.71. The van der Waals surface area contributed by atoms with Gasteiger partial charge in [0.25, 0.3) is 0 Å². The lowest BCUT2D eigenvalue weighted by Gasteiger charge is -2.25. The highest BCUT2D eigenvalue weighted by atomic mass is 127. The molecule has 1 atom stereocenters. The lowest BCUT2D eigenvalue weighted by Crippen LogP contribution is -2.44. The van der Waals surface area contributed by atoms with Crippen LogP contribution in [-0.2, 0) is 16.9 Å². The number of carbonyl (C=O) groups excluding carboxylic acids is 1. The zero-order chi connectivity index (χ0) is 21.3. The Bertz CT molecular complexity index is 806. The summed E-state index contributed by atoms with van der Waals surface area (Å²) < 4.78 is 0. The molecule has 0 heterocycles. The number of aliphatic hydroxyl groups is 1. The molecule has 2 rings (SSSR count). The van der Waals surface area contributed by atoms with Gasteiger partial charge in [0.2, 0.25) is 5.91 Å². The maximum atomic E-state index is 11.8. The van der Waals surface area contributed by atoms with Crippen LogP contribution in [0.1, 0.15) is 38.8 Å². The summed E-state index contributed by atoms with van der Waals surface area (Å²) in [5.41, 5.74) is 1.65. The molecule has 4 N–H and O–H groups in total. The van der Waals surface area contributed by atoms with Gasteiger partial charge in [-0.1, -0.05) is 56.3 Å². The van der Waals surface area contributed by atoms with Crippen molar-refractivity contribution in [3.63, 3.8) is 0 Å². The van der Waals surface area contributed by atoms with E-state index in [9.17, 15) is 9.90 Å². The van der Waals surface area contributed by atoms with Crippen LogP contribution in [0.4, 0.5) is 5.69 Å². The van der Waals surface area contributed by atoms with Gasteiger partial charge in [-0.05, 0) is 37.1 Å². The standard InChI is InChI=1S/C23H32N4O2.HI/c1-5-24-22(26-16-23(4,29)19-9-7-6-8-10-19)25-15-18-11-13-20(14-12-18)27-21(28)17(2)3;/h6-14,17,29H,5,15-16H2,1-4H3,(H,27,28)(H2,24,25,26);1H. The molecule has 0 aromatic heterocycles. The minimum atomic E-state index is -1.01. The van der Waals surface area contributed by atoms with Crippen molar-refractivity contribution in [3.05, 3.63) is 65.7 Å². The van der Waals surface area contributed by atoms with E-state index < -0.39 is 5.60 Å². The minimum absolute atomic E-state index is 0. The molecule has 0 spiro atoms. The lowest BCUT2D eigenvalue weighted by molar-refractivity contribution is -0.118. The average molecular weight is 524 g/mol. The quantitative estimate of drug-likeness (QED) is 0.240. The molecule has 1 unspecified atom stereocenters. The molecule has 30 heavy (non-hydrogen) atoms. The van der Waals surface area contributed by atoms with E-state index in [4.69, 9.17) is 0 Å². The maximum Gasteiger partial charge on any atom is 0.226 e. The second-order valence-corrected chi connectivity index (χ2v) is 7.53. The topological polar surface area (TPSA) is 85.8 Å². The van der Waals surface area contributed by atoms with Crippen molar-refractivity contribution < 1.29 is 9.90 Å². The Labute approximate surface area is 196 Å². The van der Waals surface area contributed by atoms with Crippen molar-refractivity contribution >= 4 is 41.5 Å². The van der Waals surface area contributed by atoms with E-state index in [2.05, 4.69) is 20.9 Å². The van der Waals surface area contributed by atoms with Crippen LogP contribution in [0.15, 0.2) is 59.6 Å². The Kier molecular flexibility index (Phi) is 10.8. The Morgan fingerprint density at radius 3 is 2.27 bits per heavy atom. The largest absolute Gasteiger partial charge is 0.384 e. The third-order valence-electron chi connectivity index (χ3n) is 4.51. The molecule has 0 fully saturated rings. The summed E-state index contributed by atoms with van der Waals surface area (Å²) in [6, 6.07) is 17.2. The van der Waals surface area contributed by atoms with Gasteiger partial charge in [0.1, 0.15) is 5.60 Å². The fourth-order valence-corrected chi connectivity index (χ4v) is 2.65. The zero-order valence-corrected chi connectivity index (χ0v) is 20.4. The molecule has 164 valence electrons. The molecule has 0 aliphatic heterocycles. The number of nitrogens with one attached hydrogen (secondary N) is 3.